The Morgan fingerprint density at radius 2 is 1.79 bits per heavy atom. The highest BCUT2D eigenvalue weighted by atomic mass is 35.5. The monoisotopic (exact) mass is 355 g/mol. The lowest BCUT2D eigenvalue weighted by molar-refractivity contribution is -0.182. The van der Waals surface area contributed by atoms with E-state index in [-0.39, 0.29) is 6.54 Å². The summed E-state index contributed by atoms with van der Waals surface area (Å²) in [5, 5.41) is 21.1. The van der Waals surface area contributed by atoms with Crippen LogP contribution >= 0.6 is 11.6 Å². The quantitative estimate of drug-likeness (QED) is 0.757. The van der Waals surface area contributed by atoms with Gasteiger partial charge in [-0.3, -0.25) is 9.69 Å². The van der Waals surface area contributed by atoms with Gasteiger partial charge in [-0.2, -0.15) is 0 Å². The van der Waals surface area contributed by atoms with Crippen LogP contribution in [0.25, 0.3) is 0 Å². The molecule has 1 atom stereocenters. The van der Waals surface area contributed by atoms with E-state index in [1.165, 1.54) is 0 Å². The van der Waals surface area contributed by atoms with E-state index < -0.39 is 34.9 Å². The molecule has 0 aromatic heterocycles. The molecule has 1 aromatic rings. The predicted octanol–water partition coefficient (Wildman–Crippen LogP) is 0.529. The zero-order chi connectivity index (χ0) is 18.1. The van der Waals surface area contributed by atoms with Crippen molar-refractivity contribution in [1.29, 1.82) is 0 Å². The number of methoxy groups -OCH3 is 2. The first kappa shape index (κ1) is 17.8. The van der Waals surface area contributed by atoms with Crippen LogP contribution in [0.1, 0.15) is 5.56 Å². The molecule has 128 valence electrons. The summed E-state index contributed by atoms with van der Waals surface area (Å²) in [7, 11) is 1.95. The van der Waals surface area contributed by atoms with E-state index in [1.54, 1.807) is 24.3 Å². The molecule has 1 aliphatic rings. The van der Waals surface area contributed by atoms with Gasteiger partial charge in [-0.1, -0.05) is 23.7 Å². The molecule has 1 aromatic carbocycles. The first-order valence-electron chi connectivity index (χ1n) is 6.66. The molecule has 0 spiro atoms. The molecule has 1 aliphatic heterocycles. The van der Waals surface area contributed by atoms with Crippen molar-refractivity contribution in [3.8, 4) is 0 Å². The Morgan fingerprint density at radius 1 is 1.21 bits per heavy atom. The molecule has 1 unspecified atom stereocenters. The molecular formula is C15H14ClNO7. The molecule has 2 N–H and O–H groups in total. The fourth-order valence-corrected chi connectivity index (χ4v) is 2.46. The van der Waals surface area contributed by atoms with E-state index >= 15 is 0 Å². The Morgan fingerprint density at radius 3 is 2.29 bits per heavy atom. The second-order valence-corrected chi connectivity index (χ2v) is 5.33. The maximum atomic E-state index is 12.3. The van der Waals surface area contributed by atoms with Gasteiger partial charge in [0.15, 0.2) is 5.76 Å². The number of halogens is 1. The van der Waals surface area contributed by atoms with E-state index in [0.29, 0.717) is 15.5 Å². The molecule has 0 saturated heterocycles. The highest BCUT2D eigenvalue weighted by molar-refractivity contribution is 6.30. The first-order valence-corrected chi connectivity index (χ1v) is 7.04. The van der Waals surface area contributed by atoms with Crippen LogP contribution in [0, 0.1) is 0 Å². The topological polar surface area (TPSA) is 113 Å². The van der Waals surface area contributed by atoms with Gasteiger partial charge in [0.05, 0.1) is 14.2 Å². The number of benzene rings is 1. The van der Waals surface area contributed by atoms with E-state index in [0.717, 1.165) is 14.2 Å². The normalized spacial score (nSPS) is 20.3. The average Bonchev–Trinajstić information content (AvgIpc) is 2.77. The number of hydrogen-bond donors (Lipinski definition) is 2. The summed E-state index contributed by atoms with van der Waals surface area (Å²) >= 11 is 5.78. The van der Waals surface area contributed by atoms with Gasteiger partial charge < -0.3 is 19.7 Å². The largest absolute Gasteiger partial charge is 0.503 e. The van der Waals surface area contributed by atoms with Crippen LogP contribution in [0.4, 0.5) is 0 Å². The van der Waals surface area contributed by atoms with Crippen molar-refractivity contribution in [3.63, 3.8) is 0 Å². The highest BCUT2D eigenvalue weighted by Gasteiger charge is 2.60. The molecule has 0 fully saturated rings. The van der Waals surface area contributed by atoms with Crippen LogP contribution in [-0.4, -0.2) is 52.9 Å². The Kier molecular flexibility index (Phi) is 4.81. The lowest BCUT2D eigenvalue weighted by Gasteiger charge is -2.31. The van der Waals surface area contributed by atoms with E-state index in [2.05, 4.69) is 9.47 Å². The number of nitrogens with zero attached hydrogens (tertiary/aromatic N) is 1. The fourth-order valence-electron chi connectivity index (χ4n) is 2.34. The smallest absolute Gasteiger partial charge is 0.365 e. The third-order valence-corrected chi connectivity index (χ3v) is 3.79. The predicted molar refractivity (Wildman–Crippen MR) is 80.6 cm³/mol. The summed E-state index contributed by atoms with van der Waals surface area (Å²) in [5.41, 5.74) is -3.20. The van der Waals surface area contributed by atoms with E-state index in [1.807, 2.05) is 0 Å². The molecule has 0 aliphatic carbocycles. The van der Waals surface area contributed by atoms with Crippen molar-refractivity contribution in [2.45, 2.75) is 12.3 Å². The van der Waals surface area contributed by atoms with Gasteiger partial charge in [0.2, 0.25) is 0 Å². The number of aliphatic hydroxyl groups excluding tert-OH is 1. The Balaban J connectivity index is 2.50. The van der Waals surface area contributed by atoms with Crippen LogP contribution in [0.15, 0.2) is 35.6 Å². The summed E-state index contributed by atoms with van der Waals surface area (Å²) in [5.74, 6) is -4.73. The third kappa shape index (κ3) is 2.70. The van der Waals surface area contributed by atoms with Crippen molar-refractivity contribution in [2.24, 2.45) is 0 Å². The van der Waals surface area contributed by atoms with Crippen LogP contribution in [0.2, 0.25) is 5.02 Å². The number of esters is 2. The first-order chi connectivity index (χ1) is 11.3. The number of amides is 1. The summed E-state index contributed by atoms with van der Waals surface area (Å²) in [6.45, 7) is -0.286. The molecule has 0 radical (unpaired) electrons. The lowest BCUT2D eigenvalue weighted by atomic mass is 10.0. The molecule has 0 bridgehead atoms. The average molecular weight is 356 g/mol. The minimum absolute atomic E-state index is 0.286. The second kappa shape index (κ2) is 6.50. The molecule has 24 heavy (non-hydrogen) atoms. The van der Waals surface area contributed by atoms with Gasteiger partial charge >= 0.3 is 11.9 Å². The summed E-state index contributed by atoms with van der Waals surface area (Å²) < 4.78 is 8.93. The van der Waals surface area contributed by atoms with Gasteiger partial charge in [-0.25, -0.2) is 9.59 Å². The summed E-state index contributed by atoms with van der Waals surface area (Å²) in [6.07, 6.45) is 0. The molecule has 1 amide bonds. The minimum Gasteiger partial charge on any atom is -0.503 e. The Bertz CT molecular complexity index is 728. The molecule has 1 heterocycles. The van der Waals surface area contributed by atoms with E-state index in [4.69, 9.17) is 11.6 Å². The van der Waals surface area contributed by atoms with Gasteiger partial charge in [-0.15, -0.1) is 0 Å². The summed E-state index contributed by atoms with van der Waals surface area (Å²) in [4.78, 5) is 36.8. The number of rotatable bonds is 4. The lowest BCUT2D eigenvalue weighted by Crippen LogP contribution is -2.55. The van der Waals surface area contributed by atoms with Crippen molar-refractivity contribution in [1.82, 2.24) is 4.90 Å². The maximum absolute atomic E-state index is 12.3. The SMILES string of the molecule is COC(=O)C1=C(O)C(=O)N(Cc2ccc(Cl)cc2)C1(O)C(=O)OC. The van der Waals surface area contributed by atoms with Crippen molar-refractivity contribution in [2.75, 3.05) is 14.2 Å². The van der Waals surface area contributed by atoms with Crippen molar-refractivity contribution >= 4 is 29.4 Å². The zero-order valence-electron chi connectivity index (χ0n) is 12.8. The number of aliphatic hydroxyl groups is 2. The molecule has 2 rings (SSSR count). The highest BCUT2D eigenvalue weighted by Crippen LogP contribution is 2.36. The maximum Gasteiger partial charge on any atom is 0.365 e. The number of hydrogen-bond acceptors (Lipinski definition) is 7. The number of carbonyl (C=O) groups is 3. The van der Waals surface area contributed by atoms with Gasteiger partial charge in [-0.05, 0) is 17.7 Å². The molecular weight excluding hydrogens is 342 g/mol. The number of carbonyl (C=O) groups excluding carboxylic acids is 3. The third-order valence-electron chi connectivity index (χ3n) is 3.54. The van der Waals surface area contributed by atoms with Crippen LogP contribution in [-0.2, 0) is 30.4 Å². The van der Waals surface area contributed by atoms with Crippen molar-refractivity contribution in [3.05, 3.63) is 46.2 Å². The molecule has 0 saturated carbocycles. The van der Waals surface area contributed by atoms with Crippen molar-refractivity contribution < 1.29 is 34.1 Å². The van der Waals surface area contributed by atoms with Crippen LogP contribution < -0.4 is 0 Å². The van der Waals surface area contributed by atoms with Gasteiger partial charge in [0.25, 0.3) is 11.6 Å². The number of ether oxygens (including phenoxy) is 2. The van der Waals surface area contributed by atoms with Crippen LogP contribution in [0.5, 0.6) is 0 Å². The van der Waals surface area contributed by atoms with Gasteiger partial charge in [0.1, 0.15) is 5.57 Å². The Hall–Kier alpha value is -2.58. The fraction of sp³-hybridized carbons (Fsp3) is 0.267. The van der Waals surface area contributed by atoms with E-state index in [9.17, 15) is 24.6 Å². The molecule has 8 nitrogen and oxygen atoms in total. The minimum atomic E-state index is -2.80. The van der Waals surface area contributed by atoms with Gasteiger partial charge in [0, 0.05) is 11.6 Å². The molecule has 9 heteroatoms. The Labute approximate surface area is 141 Å². The summed E-state index contributed by atoms with van der Waals surface area (Å²) in [6, 6.07) is 6.20. The second-order valence-electron chi connectivity index (χ2n) is 4.90. The van der Waals surface area contributed by atoms with Crippen LogP contribution in [0.3, 0.4) is 0 Å². The zero-order valence-corrected chi connectivity index (χ0v) is 13.5. The standard InChI is InChI=1S/C15H14ClNO7/c1-23-13(20)10-11(18)12(19)17(15(10,22)14(21)24-2)7-8-3-5-9(16)6-4-8/h3-6,18,22H,7H2,1-2H3.